The summed E-state index contributed by atoms with van der Waals surface area (Å²) in [5, 5.41) is 3.88. The van der Waals surface area contributed by atoms with Crippen molar-refractivity contribution in [1.82, 2.24) is 0 Å². The predicted octanol–water partition coefficient (Wildman–Crippen LogP) is 5.25. The summed E-state index contributed by atoms with van der Waals surface area (Å²) in [6.07, 6.45) is -10.1. The van der Waals surface area contributed by atoms with Gasteiger partial charge < -0.3 is 0 Å². The lowest BCUT2D eigenvalue weighted by Gasteiger charge is -2.18. The Morgan fingerprint density at radius 1 is 0.947 bits per heavy atom. The summed E-state index contributed by atoms with van der Waals surface area (Å²) in [6.45, 7) is 0. The van der Waals surface area contributed by atoms with Gasteiger partial charge in [-0.15, -0.1) is 11.3 Å². The molecule has 0 aliphatic rings. The first kappa shape index (κ1) is 13.9. The van der Waals surface area contributed by atoms with Crippen LogP contribution in [-0.2, 0) is 12.4 Å². The zero-order chi connectivity index (χ0) is 14.3. The average Bonchev–Trinajstić information content (AvgIpc) is 2.79. The van der Waals surface area contributed by atoms with Gasteiger partial charge in [0.25, 0.3) is 0 Å². The van der Waals surface area contributed by atoms with Gasteiger partial charge in [-0.3, -0.25) is 0 Å². The number of benzene rings is 1. The number of halogens is 6. The summed E-state index contributed by atoms with van der Waals surface area (Å²) < 4.78 is 76.9. The van der Waals surface area contributed by atoms with Crippen LogP contribution in [0.3, 0.4) is 0 Å². The third kappa shape index (κ3) is 2.75. The molecule has 0 spiro atoms. The molecule has 0 nitrogen and oxygen atoms in total. The van der Waals surface area contributed by atoms with E-state index in [4.69, 9.17) is 0 Å². The summed E-state index contributed by atoms with van der Waals surface area (Å²) in [4.78, 5) is 0. The van der Waals surface area contributed by atoms with E-state index in [0.29, 0.717) is 6.07 Å². The Hall–Kier alpha value is -1.50. The van der Waals surface area contributed by atoms with Gasteiger partial charge in [-0.25, -0.2) is 0 Å². The van der Waals surface area contributed by atoms with E-state index >= 15 is 0 Å². The van der Waals surface area contributed by atoms with Crippen molar-refractivity contribution in [3.8, 4) is 11.1 Å². The maximum absolute atomic E-state index is 12.9. The van der Waals surface area contributed by atoms with E-state index in [2.05, 4.69) is 5.38 Å². The fraction of sp³-hybridized carbons (Fsp3) is 0.167. The van der Waals surface area contributed by atoms with Crippen molar-refractivity contribution in [2.45, 2.75) is 12.4 Å². The molecule has 0 amide bonds. The second kappa shape index (κ2) is 4.56. The molecule has 1 aromatic carbocycles. The molecular weight excluding hydrogens is 290 g/mol. The smallest absolute Gasteiger partial charge is 0.166 e. The third-order valence-corrected chi connectivity index (χ3v) is 3.06. The van der Waals surface area contributed by atoms with Crippen molar-refractivity contribution in [1.29, 1.82) is 0 Å². The minimum Gasteiger partial charge on any atom is -0.166 e. The normalized spacial score (nSPS) is 12.7. The van der Waals surface area contributed by atoms with E-state index < -0.39 is 29.0 Å². The number of rotatable bonds is 1. The predicted molar refractivity (Wildman–Crippen MR) is 58.6 cm³/mol. The van der Waals surface area contributed by atoms with E-state index in [0.717, 1.165) is 23.5 Å². The van der Waals surface area contributed by atoms with Crippen molar-refractivity contribution in [2.24, 2.45) is 0 Å². The monoisotopic (exact) mass is 295 g/mol. The molecular formula is C12H5F6S. The standard InChI is InChI=1S/C12H5F6S/c13-11(14,15)9-3-1-2-8(7-4-5-19-6-7)10(9)12(16,17)18/h1-4,6H. The van der Waals surface area contributed by atoms with Gasteiger partial charge in [0.1, 0.15) is 0 Å². The zero-order valence-corrected chi connectivity index (χ0v) is 9.88. The molecule has 0 bridgehead atoms. The molecule has 0 atom stereocenters. The highest BCUT2D eigenvalue weighted by Gasteiger charge is 2.44. The molecule has 0 saturated carbocycles. The minimum atomic E-state index is -5.08. The maximum atomic E-state index is 12.9. The molecule has 0 unspecified atom stereocenters. The van der Waals surface area contributed by atoms with E-state index in [1.807, 2.05) is 0 Å². The molecule has 2 aromatic rings. The molecule has 0 aliphatic carbocycles. The van der Waals surface area contributed by atoms with Crippen LogP contribution in [0.25, 0.3) is 11.1 Å². The molecule has 1 aromatic heterocycles. The molecule has 0 fully saturated rings. The Labute approximate surface area is 108 Å². The zero-order valence-electron chi connectivity index (χ0n) is 9.06. The summed E-state index contributed by atoms with van der Waals surface area (Å²) in [7, 11) is 0. The lowest BCUT2D eigenvalue weighted by atomic mass is 9.96. The second-order valence-electron chi connectivity index (χ2n) is 3.68. The highest BCUT2D eigenvalue weighted by atomic mass is 32.1. The number of hydrogen-bond acceptors (Lipinski definition) is 1. The fourth-order valence-corrected chi connectivity index (χ4v) is 2.29. The molecule has 1 heterocycles. The maximum Gasteiger partial charge on any atom is 0.417 e. The van der Waals surface area contributed by atoms with Gasteiger partial charge in [-0.2, -0.15) is 26.3 Å². The number of alkyl halides is 6. The van der Waals surface area contributed by atoms with Crippen LogP contribution in [0.1, 0.15) is 11.1 Å². The van der Waals surface area contributed by atoms with Gasteiger partial charge in [0.05, 0.1) is 11.1 Å². The summed E-state index contributed by atoms with van der Waals surface area (Å²) in [5.41, 5.74) is -3.75. The Balaban J connectivity index is 2.76. The third-order valence-electron chi connectivity index (χ3n) is 2.43. The minimum absolute atomic E-state index is 0.0726. The van der Waals surface area contributed by atoms with E-state index in [9.17, 15) is 26.3 Å². The Morgan fingerprint density at radius 2 is 1.63 bits per heavy atom. The van der Waals surface area contributed by atoms with Crippen LogP contribution in [0.2, 0.25) is 0 Å². The quantitative estimate of drug-likeness (QED) is 0.630. The Morgan fingerprint density at radius 3 is 2.11 bits per heavy atom. The summed E-state index contributed by atoms with van der Waals surface area (Å²) >= 11 is 0.994. The number of hydrogen-bond donors (Lipinski definition) is 0. The summed E-state index contributed by atoms with van der Waals surface area (Å²) in [6, 6.07) is 3.65. The fourth-order valence-electron chi connectivity index (χ4n) is 1.70. The van der Waals surface area contributed by atoms with Crippen molar-refractivity contribution in [3.63, 3.8) is 0 Å². The lowest BCUT2D eigenvalue weighted by Crippen LogP contribution is -2.17. The van der Waals surface area contributed by atoms with E-state index in [-0.39, 0.29) is 5.56 Å². The largest absolute Gasteiger partial charge is 0.417 e. The van der Waals surface area contributed by atoms with Gasteiger partial charge in [-0.1, -0.05) is 12.1 Å². The number of thiophene rings is 1. The summed E-state index contributed by atoms with van der Waals surface area (Å²) in [5.74, 6) is 0. The molecule has 19 heavy (non-hydrogen) atoms. The van der Waals surface area contributed by atoms with Crippen molar-refractivity contribution >= 4 is 11.3 Å². The molecule has 101 valence electrons. The van der Waals surface area contributed by atoms with Gasteiger partial charge in [0.2, 0.25) is 0 Å². The lowest BCUT2D eigenvalue weighted by molar-refractivity contribution is -0.161. The molecule has 1 radical (unpaired) electrons. The van der Waals surface area contributed by atoms with Crippen LogP contribution in [0.5, 0.6) is 0 Å². The van der Waals surface area contributed by atoms with Gasteiger partial charge in [0.15, 0.2) is 0 Å². The van der Waals surface area contributed by atoms with Crippen LogP contribution in [-0.4, -0.2) is 0 Å². The first-order chi connectivity index (χ1) is 8.71. The molecule has 0 saturated heterocycles. The highest BCUT2D eigenvalue weighted by molar-refractivity contribution is 7.07. The Kier molecular flexibility index (Phi) is 3.34. The van der Waals surface area contributed by atoms with Crippen LogP contribution in [0.15, 0.2) is 29.6 Å². The first-order valence-electron chi connectivity index (χ1n) is 4.93. The SMILES string of the molecule is FC(F)(F)c1cccc(-c2c[c]sc2)c1C(F)(F)F. The van der Waals surface area contributed by atoms with E-state index in [1.54, 1.807) is 0 Å². The van der Waals surface area contributed by atoms with Crippen molar-refractivity contribution < 1.29 is 26.3 Å². The molecule has 2 rings (SSSR count). The van der Waals surface area contributed by atoms with Crippen LogP contribution in [0.4, 0.5) is 26.3 Å². The molecule has 7 heteroatoms. The van der Waals surface area contributed by atoms with Gasteiger partial charge >= 0.3 is 12.4 Å². The first-order valence-corrected chi connectivity index (χ1v) is 5.81. The van der Waals surface area contributed by atoms with Crippen LogP contribution < -0.4 is 0 Å². The van der Waals surface area contributed by atoms with E-state index in [1.165, 1.54) is 11.4 Å². The molecule has 0 aliphatic heterocycles. The second-order valence-corrected chi connectivity index (χ2v) is 4.38. The van der Waals surface area contributed by atoms with Crippen LogP contribution in [0, 0.1) is 5.38 Å². The topological polar surface area (TPSA) is 0 Å². The average molecular weight is 295 g/mol. The van der Waals surface area contributed by atoms with Crippen molar-refractivity contribution in [2.75, 3.05) is 0 Å². The highest BCUT2D eigenvalue weighted by Crippen LogP contribution is 2.45. The molecule has 0 N–H and O–H groups in total. The van der Waals surface area contributed by atoms with Crippen LogP contribution >= 0.6 is 11.3 Å². The van der Waals surface area contributed by atoms with Crippen molar-refractivity contribution in [3.05, 3.63) is 46.2 Å². The van der Waals surface area contributed by atoms with Gasteiger partial charge in [0, 0.05) is 5.38 Å². The Bertz CT molecular complexity index is 565. The van der Waals surface area contributed by atoms with Gasteiger partial charge in [-0.05, 0) is 28.6 Å².